The van der Waals surface area contributed by atoms with E-state index in [1.54, 1.807) is 19.1 Å². The summed E-state index contributed by atoms with van der Waals surface area (Å²) in [5, 5.41) is 2.23. The Kier molecular flexibility index (Phi) is 6.94. The number of rotatable bonds is 6. The summed E-state index contributed by atoms with van der Waals surface area (Å²) in [6.45, 7) is 1.42. The highest BCUT2D eigenvalue weighted by molar-refractivity contribution is 7.92. The zero-order valence-corrected chi connectivity index (χ0v) is 19.9. The van der Waals surface area contributed by atoms with Gasteiger partial charge in [0.15, 0.2) is 6.61 Å². The number of aryl methyl sites for hydroxylation is 2. The van der Waals surface area contributed by atoms with Gasteiger partial charge in [-0.05, 0) is 73.4 Å². The fraction of sp³-hybridized carbons (Fsp3) is 0.240. The number of fused-ring (bicyclic) bond motifs is 1. The molecule has 0 aliphatic carbocycles. The Morgan fingerprint density at radius 1 is 1.08 bits per heavy atom. The molecule has 0 bridgehead atoms. The van der Waals surface area contributed by atoms with Gasteiger partial charge in [-0.2, -0.15) is 13.2 Å². The maximum atomic E-state index is 13.4. The van der Waals surface area contributed by atoms with Gasteiger partial charge in [-0.3, -0.25) is 9.10 Å². The molecule has 4 rings (SSSR count). The number of amides is 1. The molecule has 0 unspecified atom stereocenters. The van der Waals surface area contributed by atoms with Crippen LogP contribution in [0.5, 0.6) is 5.75 Å². The SMILES string of the molecule is Cc1cc(S(=O)(=O)N2CCCc3ccccc32)ccc1OCC(=O)Nc1ccc(F)c(C(F)(F)F)c1. The standard InChI is InChI=1S/C25H22F4N2O4S/c1-16-13-19(36(33,34)31-12-4-6-17-5-2-3-7-22(17)31)9-11-23(16)35-15-24(32)30-18-8-10-21(26)20(14-18)25(27,28)29/h2-3,5,7-11,13-14H,4,6,12,15H2,1H3,(H,30,32). The van der Waals surface area contributed by atoms with E-state index in [9.17, 15) is 30.8 Å². The number of para-hydroxylation sites is 1. The van der Waals surface area contributed by atoms with Crippen molar-refractivity contribution in [2.45, 2.75) is 30.8 Å². The Morgan fingerprint density at radius 3 is 2.56 bits per heavy atom. The van der Waals surface area contributed by atoms with E-state index in [0.29, 0.717) is 36.3 Å². The number of benzene rings is 3. The number of carbonyl (C=O) groups excluding carboxylic acids is 1. The van der Waals surface area contributed by atoms with E-state index in [1.807, 2.05) is 12.1 Å². The van der Waals surface area contributed by atoms with E-state index < -0.39 is 40.1 Å². The molecule has 190 valence electrons. The molecule has 0 atom stereocenters. The van der Waals surface area contributed by atoms with E-state index in [0.717, 1.165) is 18.1 Å². The molecule has 36 heavy (non-hydrogen) atoms. The molecule has 1 aliphatic rings. The summed E-state index contributed by atoms with van der Waals surface area (Å²) in [7, 11) is -3.83. The smallest absolute Gasteiger partial charge is 0.419 e. The molecule has 1 amide bonds. The molecule has 3 aromatic carbocycles. The van der Waals surface area contributed by atoms with Crippen molar-refractivity contribution < 1.29 is 35.5 Å². The third-order valence-electron chi connectivity index (χ3n) is 5.72. The van der Waals surface area contributed by atoms with Crippen LogP contribution < -0.4 is 14.4 Å². The molecule has 1 heterocycles. The second-order valence-corrected chi connectivity index (χ2v) is 10.1. The summed E-state index contributed by atoms with van der Waals surface area (Å²) in [6, 6.07) is 13.7. The molecule has 0 spiro atoms. The molecule has 0 fully saturated rings. The monoisotopic (exact) mass is 522 g/mol. The van der Waals surface area contributed by atoms with Crippen LogP contribution in [0.4, 0.5) is 28.9 Å². The predicted molar refractivity (Wildman–Crippen MR) is 126 cm³/mol. The minimum absolute atomic E-state index is 0.0690. The highest BCUT2D eigenvalue weighted by Crippen LogP contribution is 2.34. The molecule has 0 aromatic heterocycles. The second-order valence-electron chi connectivity index (χ2n) is 8.27. The Morgan fingerprint density at radius 2 is 1.83 bits per heavy atom. The highest BCUT2D eigenvalue weighted by Gasteiger charge is 2.34. The number of ether oxygens (including phenoxy) is 1. The summed E-state index contributed by atoms with van der Waals surface area (Å²) in [6.07, 6.45) is -3.41. The minimum atomic E-state index is -4.91. The molecule has 0 saturated heterocycles. The summed E-state index contributed by atoms with van der Waals surface area (Å²) < 4.78 is 85.5. The maximum absolute atomic E-state index is 13.4. The lowest BCUT2D eigenvalue weighted by Gasteiger charge is -2.30. The second kappa shape index (κ2) is 9.81. The number of hydrogen-bond acceptors (Lipinski definition) is 4. The maximum Gasteiger partial charge on any atom is 0.419 e. The van der Waals surface area contributed by atoms with Crippen molar-refractivity contribution in [1.82, 2.24) is 0 Å². The highest BCUT2D eigenvalue weighted by atomic mass is 32.2. The fourth-order valence-corrected chi connectivity index (χ4v) is 5.61. The van der Waals surface area contributed by atoms with E-state index in [4.69, 9.17) is 4.74 Å². The number of sulfonamides is 1. The van der Waals surface area contributed by atoms with Gasteiger partial charge in [-0.15, -0.1) is 0 Å². The lowest BCUT2D eigenvalue weighted by molar-refractivity contribution is -0.140. The van der Waals surface area contributed by atoms with Gasteiger partial charge in [-0.25, -0.2) is 12.8 Å². The number of hydrogen-bond donors (Lipinski definition) is 1. The van der Waals surface area contributed by atoms with Crippen molar-refractivity contribution >= 4 is 27.3 Å². The lowest BCUT2D eigenvalue weighted by atomic mass is 10.0. The Hall–Kier alpha value is -3.60. The van der Waals surface area contributed by atoms with Crippen LogP contribution in [0.15, 0.2) is 65.6 Å². The molecule has 1 N–H and O–H groups in total. The molecule has 1 aliphatic heterocycles. The summed E-state index contributed by atoms with van der Waals surface area (Å²) in [4.78, 5) is 12.2. The van der Waals surface area contributed by atoms with Gasteiger partial charge in [0.2, 0.25) is 0 Å². The van der Waals surface area contributed by atoms with E-state index in [-0.39, 0.29) is 16.3 Å². The number of alkyl halides is 3. The molecule has 3 aromatic rings. The molecule has 6 nitrogen and oxygen atoms in total. The van der Waals surface area contributed by atoms with Gasteiger partial charge in [0.25, 0.3) is 15.9 Å². The average Bonchev–Trinajstić information content (AvgIpc) is 2.83. The van der Waals surface area contributed by atoms with Gasteiger partial charge in [0, 0.05) is 12.2 Å². The zero-order chi connectivity index (χ0) is 26.1. The van der Waals surface area contributed by atoms with Crippen molar-refractivity contribution in [3.05, 3.63) is 83.2 Å². The van der Waals surface area contributed by atoms with E-state index in [1.165, 1.54) is 22.5 Å². The Balaban J connectivity index is 1.45. The van der Waals surface area contributed by atoms with Gasteiger partial charge in [0.1, 0.15) is 11.6 Å². The zero-order valence-electron chi connectivity index (χ0n) is 19.1. The number of nitrogens with one attached hydrogen (secondary N) is 1. The van der Waals surface area contributed by atoms with Crippen molar-refractivity contribution in [3.63, 3.8) is 0 Å². The van der Waals surface area contributed by atoms with Gasteiger partial charge in [-0.1, -0.05) is 18.2 Å². The fourth-order valence-electron chi connectivity index (χ4n) is 3.98. The normalized spacial score (nSPS) is 13.8. The number of carbonyl (C=O) groups is 1. The van der Waals surface area contributed by atoms with Crippen LogP contribution in [-0.2, 0) is 27.4 Å². The summed E-state index contributed by atoms with van der Waals surface area (Å²) >= 11 is 0. The van der Waals surface area contributed by atoms with Crippen LogP contribution in [0, 0.1) is 12.7 Å². The topological polar surface area (TPSA) is 75.7 Å². The Bertz CT molecular complexity index is 1410. The van der Waals surface area contributed by atoms with E-state index in [2.05, 4.69) is 5.32 Å². The number of halogens is 4. The first-order valence-corrected chi connectivity index (χ1v) is 12.4. The van der Waals surface area contributed by atoms with Crippen LogP contribution in [0.25, 0.3) is 0 Å². The average molecular weight is 523 g/mol. The van der Waals surface area contributed by atoms with E-state index >= 15 is 0 Å². The third kappa shape index (κ3) is 5.30. The molecular weight excluding hydrogens is 500 g/mol. The van der Waals surface area contributed by atoms with Crippen molar-refractivity contribution in [1.29, 1.82) is 0 Å². The van der Waals surface area contributed by atoms with Gasteiger partial charge in [0.05, 0.1) is 16.1 Å². The van der Waals surface area contributed by atoms with Crippen LogP contribution in [0.3, 0.4) is 0 Å². The quantitative estimate of drug-likeness (QED) is 0.445. The van der Waals surface area contributed by atoms with Crippen LogP contribution in [0.1, 0.15) is 23.1 Å². The minimum Gasteiger partial charge on any atom is -0.483 e. The first kappa shape index (κ1) is 25.5. The third-order valence-corrected chi connectivity index (χ3v) is 7.53. The van der Waals surface area contributed by atoms with Gasteiger partial charge < -0.3 is 10.1 Å². The molecule has 0 saturated carbocycles. The van der Waals surface area contributed by atoms with Crippen molar-refractivity contribution in [3.8, 4) is 5.75 Å². The van der Waals surface area contributed by atoms with Crippen molar-refractivity contribution in [2.75, 3.05) is 22.8 Å². The lowest BCUT2D eigenvalue weighted by Crippen LogP contribution is -2.35. The largest absolute Gasteiger partial charge is 0.483 e. The van der Waals surface area contributed by atoms with Crippen LogP contribution in [-0.4, -0.2) is 27.5 Å². The Labute approximate surface area is 205 Å². The molecule has 11 heteroatoms. The molecular formula is C25H22F4N2O4S. The number of nitrogens with zero attached hydrogens (tertiary/aromatic N) is 1. The van der Waals surface area contributed by atoms with Crippen LogP contribution >= 0.6 is 0 Å². The summed E-state index contributed by atoms with van der Waals surface area (Å²) in [5.41, 5.74) is 0.323. The van der Waals surface area contributed by atoms with Crippen LogP contribution in [0.2, 0.25) is 0 Å². The number of anilines is 2. The first-order chi connectivity index (χ1) is 17.0. The van der Waals surface area contributed by atoms with Gasteiger partial charge >= 0.3 is 6.18 Å². The summed E-state index contributed by atoms with van der Waals surface area (Å²) in [5.74, 6) is -1.98. The van der Waals surface area contributed by atoms with Crippen molar-refractivity contribution in [2.24, 2.45) is 0 Å². The first-order valence-electron chi connectivity index (χ1n) is 11.0. The predicted octanol–water partition coefficient (Wildman–Crippen LogP) is 5.31. The molecule has 0 radical (unpaired) electrons.